The molecule has 0 spiro atoms. The van der Waals surface area contributed by atoms with Crippen LogP contribution in [0.4, 0.5) is 4.39 Å². The molecule has 0 atom stereocenters. The third-order valence-corrected chi connectivity index (χ3v) is 5.42. The maximum absolute atomic E-state index is 13.7. The highest BCUT2D eigenvalue weighted by atomic mass is 32.2. The van der Waals surface area contributed by atoms with E-state index in [0.717, 1.165) is 17.4 Å². The molecule has 0 radical (unpaired) electrons. The Kier molecular flexibility index (Phi) is 6.97. The molecule has 2 N–H and O–H groups in total. The maximum Gasteiger partial charge on any atom is 0.191 e. The lowest BCUT2D eigenvalue weighted by molar-refractivity contribution is 0.414. The number of sulfone groups is 1. The highest BCUT2D eigenvalue weighted by molar-refractivity contribution is 7.91. The normalized spacial score (nSPS) is 11.9. The summed E-state index contributed by atoms with van der Waals surface area (Å²) in [5.74, 6) is 0.255. The number of hydrogen-bond donors (Lipinski definition) is 2. The molecule has 0 heterocycles. The molecule has 0 bridgehead atoms. The molecule has 0 saturated carbocycles. The highest BCUT2D eigenvalue weighted by Gasteiger charge is 2.18. The predicted molar refractivity (Wildman–Crippen MR) is 99.6 cm³/mol. The summed E-state index contributed by atoms with van der Waals surface area (Å²) in [6.07, 6.45) is 0. The molecular formula is C18H22FN3O3S. The summed E-state index contributed by atoms with van der Waals surface area (Å²) < 4.78 is 43.2. The molecule has 0 fully saturated rings. The minimum Gasteiger partial charge on any atom is -0.497 e. The van der Waals surface area contributed by atoms with E-state index in [0.29, 0.717) is 12.5 Å². The van der Waals surface area contributed by atoms with Gasteiger partial charge in [-0.2, -0.15) is 0 Å². The second-order valence-electron chi connectivity index (χ2n) is 5.45. The number of aliphatic imine (C=N–C) groups is 1. The first-order chi connectivity index (χ1) is 12.5. The van der Waals surface area contributed by atoms with Crippen LogP contribution in [0.25, 0.3) is 0 Å². The van der Waals surface area contributed by atoms with Crippen LogP contribution >= 0.6 is 0 Å². The number of hydrogen-bond acceptors (Lipinski definition) is 4. The first kappa shape index (κ1) is 19.7. The van der Waals surface area contributed by atoms with Gasteiger partial charge in [-0.15, -0.1) is 0 Å². The Morgan fingerprint density at radius 2 is 1.81 bits per heavy atom. The van der Waals surface area contributed by atoms with Gasteiger partial charge in [-0.1, -0.05) is 24.3 Å². The Bertz CT molecular complexity index is 852. The van der Waals surface area contributed by atoms with E-state index >= 15 is 0 Å². The van der Waals surface area contributed by atoms with Gasteiger partial charge >= 0.3 is 0 Å². The Morgan fingerprint density at radius 1 is 1.12 bits per heavy atom. The summed E-state index contributed by atoms with van der Waals surface area (Å²) in [5.41, 5.74) is 1.02. The fraction of sp³-hybridized carbons (Fsp3) is 0.278. The molecule has 0 aromatic heterocycles. The molecule has 0 amide bonds. The Balaban J connectivity index is 1.86. The summed E-state index contributed by atoms with van der Waals surface area (Å²) in [6, 6.07) is 12.9. The van der Waals surface area contributed by atoms with Crippen molar-refractivity contribution in [3.63, 3.8) is 0 Å². The molecule has 26 heavy (non-hydrogen) atoms. The molecule has 2 aromatic rings. The minimum absolute atomic E-state index is 0.110. The number of ether oxygens (including phenoxy) is 1. The van der Waals surface area contributed by atoms with Gasteiger partial charge in [-0.05, 0) is 29.8 Å². The monoisotopic (exact) mass is 379 g/mol. The molecular weight excluding hydrogens is 357 g/mol. The molecule has 140 valence electrons. The average molecular weight is 379 g/mol. The summed E-state index contributed by atoms with van der Waals surface area (Å²) in [6.45, 7) is 0.628. The van der Waals surface area contributed by atoms with Gasteiger partial charge in [-0.25, -0.2) is 12.8 Å². The lowest BCUT2D eigenvalue weighted by Gasteiger charge is -2.12. The number of nitrogens with zero attached hydrogens (tertiary/aromatic N) is 1. The Morgan fingerprint density at radius 3 is 2.42 bits per heavy atom. The topological polar surface area (TPSA) is 79.8 Å². The minimum atomic E-state index is -3.70. The van der Waals surface area contributed by atoms with Crippen LogP contribution < -0.4 is 15.4 Å². The van der Waals surface area contributed by atoms with Crippen molar-refractivity contribution in [2.24, 2.45) is 4.99 Å². The van der Waals surface area contributed by atoms with E-state index in [2.05, 4.69) is 15.6 Å². The molecule has 8 heteroatoms. The van der Waals surface area contributed by atoms with Crippen LogP contribution in [0, 0.1) is 5.82 Å². The van der Waals surface area contributed by atoms with Crippen molar-refractivity contribution in [3.05, 3.63) is 59.9 Å². The van der Waals surface area contributed by atoms with Crippen molar-refractivity contribution >= 4 is 15.8 Å². The van der Waals surface area contributed by atoms with Gasteiger partial charge in [0.05, 0.1) is 12.9 Å². The first-order valence-electron chi connectivity index (χ1n) is 8.01. The zero-order chi connectivity index (χ0) is 19.0. The number of nitrogens with one attached hydrogen (secondary N) is 2. The fourth-order valence-electron chi connectivity index (χ4n) is 2.26. The molecule has 0 aliphatic rings. The van der Waals surface area contributed by atoms with Gasteiger partial charge in [-0.3, -0.25) is 4.99 Å². The van der Waals surface area contributed by atoms with Crippen molar-refractivity contribution in [2.45, 2.75) is 11.4 Å². The van der Waals surface area contributed by atoms with Crippen LogP contribution in [-0.2, 0) is 16.4 Å². The standard InChI is InChI=1S/C18H22FN3O3S/c1-20-18(22-13-14-7-9-15(25-2)10-8-14)21-11-12-26(23,24)17-6-4-3-5-16(17)19/h3-10H,11-13H2,1-2H3,(H2,20,21,22). The quantitative estimate of drug-likeness (QED) is 0.568. The average Bonchev–Trinajstić information content (AvgIpc) is 2.65. The first-order valence-corrected chi connectivity index (χ1v) is 9.66. The Labute approximate surface area is 153 Å². The molecule has 2 aromatic carbocycles. The van der Waals surface area contributed by atoms with Crippen LogP contribution in [-0.4, -0.2) is 40.8 Å². The van der Waals surface area contributed by atoms with Gasteiger partial charge in [0.1, 0.15) is 16.5 Å². The van der Waals surface area contributed by atoms with Gasteiger partial charge in [0.2, 0.25) is 0 Å². The highest BCUT2D eigenvalue weighted by Crippen LogP contribution is 2.14. The van der Waals surface area contributed by atoms with Crippen LogP contribution in [0.5, 0.6) is 5.75 Å². The van der Waals surface area contributed by atoms with E-state index in [4.69, 9.17) is 4.74 Å². The van der Waals surface area contributed by atoms with Crippen molar-refractivity contribution < 1.29 is 17.5 Å². The summed E-state index contributed by atoms with van der Waals surface area (Å²) in [4.78, 5) is 3.76. The second kappa shape index (κ2) is 9.19. The fourth-order valence-corrected chi connectivity index (χ4v) is 3.50. The molecule has 0 aliphatic carbocycles. The van der Waals surface area contributed by atoms with Crippen molar-refractivity contribution in [2.75, 3.05) is 26.5 Å². The van der Waals surface area contributed by atoms with Gasteiger partial charge in [0.15, 0.2) is 15.8 Å². The lowest BCUT2D eigenvalue weighted by atomic mass is 10.2. The number of benzene rings is 2. The van der Waals surface area contributed by atoms with E-state index in [9.17, 15) is 12.8 Å². The van der Waals surface area contributed by atoms with E-state index in [1.54, 1.807) is 14.2 Å². The molecule has 0 unspecified atom stereocenters. The molecule has 2 rings (SSSR count). The van der Waals surface area contributed by atoms with Crippen LogP contribution in [0.15, 0.2) is 58.4 Å². The second-order valence-corrected chi connectivity index (χ2v) is 7.53. The molecule has 0 aliphatic heterocycles. The van der Waals surface area contributed by atoms with Crippen LogP contribution in [0.2, 0.25) is 0 Å². The summed E-state index contributed by atoms with van der Waals surface area (Å²) >= 11 is 0. The summed E-state index contributed by atoms with van der Waals surface area (Å²) in [7, 11) is -0.506. The zero-order valence-corrected chi connectivity index (χ0v) is 15.5. The van der Waals surface area contributed by atoms with Gasteiger partial charge < -0.3 is 15.4 Å². The van der Waals surface area contributed by atoms with Crippen molar-refractivity contribution in [1.82, 2.24) is 10.6 Å². The van der Waals surface area contributed by atoms with Crippen LogP contribution in [0.3, 0.4) is 0 Å². The summed E-state index contributed by atoms with van der Waals surface area (Å²) in [5, 5.41) is 6.01. The number of halogens is 1. The SMILES string of the molecule is CN=C(NCCS(=O)(=O)c1ccccc1F)NCc1ccc(OC)cc1. The Hall–Kier alpha value is -2.61. The van der Waals surface area contributed by atoms with Crippen molar-refractivity contribution in [3.8, 4) is 5.75 Å². The zero-order valence-electron chi connectivity index (χ0n) is 14.7. The van der Waals surface area contributed by atoms with E-state index in [-0.39, 0.29) is 17.2 Å². The van der Waals surface area contributed by atoms with Gasteiger partial charge in [0, 0.05) is 20.1 Å². The third-order valence-electron chi connectivity index (χ3n) is 3.68. The van der Waals surface area contributed by atoms with E-state index in [1.807, 2.05) is 24.3 Å². The number of rotatable bonds is 7. The van der Waals surface area contributed by atoms with Crippen LogP contribution in [0.1, 0.15) is 5.56 Å². The smallest absolute Gasteiger partial charge is 0.191 e. The molecule has 0 saturated heterocycles. The van der Waals surface area contributed by atoms with E-state index < -0.39 is 15.7 Å². The third kappa shape index (κ3) is 5.45. The molecule has 6 nitrogen and oxygen atoms in total. The van der Waals surface area contributed by atoms with Gasteiger partial charge in [0.25, 0.3) is 0 Å². The van der Waals surface area contributed by atoms with Crippen molar-refractivity contribution in [1.29, 1.82) is 0 Å². The number of methoxy groups -OCH3 is 1. The maximum atomic E-state index is 13.7. The lowest BCUT2D eigenvalue weighted by Crippen LogP contribution is -2.39. The largest absolute Gasteiger partial charge is 0.497 e. The van der Waals surface area contributed by atoms with E-state index in [1.165, 1.54) is 18.2 Å². The number of guanidine groups is 1. The predicted octanol–water partition coefficient (Wildman–Crippen LogP) is 1.97.